The van der Waals surface area contributed by atoms with Crippen molar-refractivity contribution >= 4 is 60.9 Å². The van der Waals surface area contributed by atoms with Crippen molar-refractivity contribution in [2.24, 2.45) is 4.99 Å². The van der Waals surface area contributed by atoms with Gasteiger partial charge < -0.3 is 15.5 Å². The molecule has 0 atom stereocenters. The van der Waals surface area contributed by atoms with E-state index >= 15 is 0 Å². The molecule has 0 saturated heterocycles. The van der Waals surface area contributed by atoms with Gasteiger partial charge in [0.2, 0.25) is 0 Å². The quantitative estimate of drug-likeness (QED) is 0.408. The number of halogens is 3. The lowest BCUT2D eigenvalue weighted by Crippen LogP contribution is -2.36. The maximum Gasteiger partial charge on any atom is 0.416 e. The van der Waals surface area contributed by atoms with Crippen LogP contribution in [0.5, 0.6) is 0 Å². The number of aliphatic imine (C=N–C) groups is 1. The fraction of sp³-hybridized carbons (Fsp3) is 0.286. The molecule has 0 fully saturated rings. The number of nitrogens with one attached hydrogen (secondary N) is 3. The van der Waals surface area contributed by atoms with Gasteiger partial charge in [-0.05, 0) is 24.3 Å². The number of aromatic nitrogens is 1. The summed E-state index contributed by atoms with van der Waals surface area (Å²) in [7, 11) is -1.48. The zero-order valence-corrected chi connectivity index (χ0v) is 21.5. The van der Waals surface area contributed by atoms with Crippen molar-refractivity contribution in [3.05, 3.63) is 51.8 Å². The Hall–Kier alpha value is -3.17. The largest absolute Gasteiger partial charge is 0.416 e. The lowest BCUT2D eigenvalue weighted by Gasteiger charge is -2.27. The average molecular weight is 559 g/mol. The molecule has 36 heavy (non-hydrogen) atoms. The van der Waals surface area contributed by atoms with E-state index in [9.17, 15) is 26.4 Å². The highest BCUT2D eigenvalue weighted by molar-refractivity contribution is 7.92. The Morgan fingerprint density at radius 3 is 2.75 bits per heavy atom. The van der Waals surface area contributed by atoms with Crippen LogP contribution in [0.25, 0.3) is 0 Å². The number of sulfone groups is 1. The number of urea groups is 1. The molecule has 2 aromatic heterocycles. The SMILES string of the molecule is CN1CNc2cc(S(C)(=O)=O)sc2C1=NCCc1cnc(NC(=O)Nc2cccc(C(F)(F)F)c2)s1. The second-order valence-corrected chi connectivity index (χ2v) is 12.3. The molecule has 3 aromatic rings. The van der Waals surface area contributed by atoms with E-state index in [0.29, 0.717) is 30.6 Å². The fourth-order valence-electron chi connectivity index (χ4n) is 3.28. The molecule has 3 heterocycles. The molecule has 15 heteroatoms. The number of carbonyl (C=O) groups excluding carboxylic acids is 1. The third-order valence-corrected chi connectivity index (χ3v) is 8.89. The van der Waals surface area contributed by atoms with Crippen molar-refractivity contribution in [3.8, 4) is 0 Å². The molecule has 4 rings (SSSR count). The van der Waals surface area contributed by atoms with Gasteiger partial charge in [-0.25, -0.2) is 18.2 Å². The van der Waals surface area contributed by atoms with E-state index in [4.69, 9.17) is 0 Å². The second kappa shape index (κ2) is 10.1. The summed E-state index contributed by atoms with van der Waals surface area (Å²) >= 11 is 2.39. The average Bonchev–Trinajstić information content (AvgIpc) is 3.42. The topological polar surface area (TPSA) is 116 Å². The summed E-state index contributed by atoms with van der Waals surface area (Å²) in [5, 5.41) is 8.35. The van der Waals surface area contributed by atoms with E-state index in [1.807, 2.05) is 11.9 Å². The molecule has 0 saturated carbocycles. The van der Waals surface area contributed by atoms with Crippen LogP contribution in [0.15, 0.2) is 45.7 Å². The molecule has 0 spiro atoms. The number of amidine groups is 1. The van der Waals surface area contributed by atoms with Crippen LogP contribution < -0.4 is 16.0 Å². The molecule has 0 unspecified atom stereocenters. The highest BCUT2D eigenvalue weighted by Crippen LogP contribution is 2.34. The molecule has 192 valence electrons. The van der Waals surface area contributed by atoms with Crippen molar-refractivity contribution in [2.75, 3.05) is 42.5 Å². The normalized spacial score (nSPS) is 14.9. The Labute approximate surface area is 213 Å². The third-order valence-electron chi connectivity index (χ3n) is 4.99. The standard InChI is InChI=1S/C21H21F3N6O3S3/c1-30-11-27-15-9-16(36(2,32)33)35-17(15)18(30)25-7-6-14-10-26-20(34-14)29-19(31)28-13-5-3-4-12(8-13)21(22,23)24/h3-5,8-10,27H,6-7,11H2,1-2H3,(H2,26,28,29,31). The summed E-state index contributed by atoms with van der Waals surface area (Å²) < 4.78 is 62.6. The number of hydrogen-bond acceptors (Lipinski definition) is 8. The molecule has 9 nitrogen and oxygen atoms in total. The van der Waals surface area contributed by atoms with E-state index in [-0.39, 0.29) is 9.90 Å². The number of benzene rings is 1. The first kappa shape index (κ1) is 25.9. The number of alkyl halides is 3. The number of thiazole rings is 1. The van der Waals surface area contributed by atoms with E-state index in [0.717, 1.165) is 38.9 Å². The Morgan fingerprint density at radius 2 is 2.03 bits per heavy atom. The number of hydrogen-bond donors (Lipinski definition) is 3. The third kappa shape index (κ3) is 6.14. The van der Waals surface area contributed by atoms with E-state index in [1.54, 1.807) is 12.3 Å². The maximum absolute atomic E-state index is 12.8. The van der Waals surface area contributed by atoms with Crippen molar-refractivity contribution in [1.29, 1.82) is 0 Å². The van der Waals surface area contributed by atoms with E-state index in [2.05, 4.69) is 25.9 Å². The highest BCUT2D eigenvalue weighted by atomic mass is 32.2. The van der Waals surface area contributed by atoms with Gasteiger partial charge in [0.05, 0.1) is 22.8 Å². The smallest absolute Gasteiger partial charge is 0.366 e. The Bertz CT molecular complexity index is 1420. The summed E-state index contributed by atoms with van der Waals surface area (Å²) in [5.74, 6) is 0.687. The van der Waals surface area contributed by atoms with Gasteiger partial charge in [0, 0.05) is 43.0 Å². The first-order valence-electron chi connectivity index (χ1n) is 10.4. The van der Waals surface area contributed by atoms with Gasteiger partial charge in [0.1, 0.15) is 10.0 Å². The van der Waals surface area contributed by atoms with Gasteiger partial charge in [-0.3, -0.25) is 10.3 Å². The predicted octanol–water partition coefficient (Wildman–Crippen LogP) is 4.58. The van der Waals surface area contributed by atoms with Crippen LogP contribution in [-0.4, -0.2) is 56.7 Å². The molecule has 0 bridgehead atoms. The predicted molar refractivity (Wildman–Crippen MR) is 135 cm³/mol. The lowest BCUT2D eigenvalue weighted by molar-refractivity contribution is -0.137. The van der Waals surface area contributed by atoms with Crippen LogP contribution in [-0.2, 0) is 22.4 Å². The number of nitrogens with zero attached hydrogens (tertiary/aromatic N) is 3. The summed E-state index contributed by atoms with van der Waals surface area (Å²) in [5.41, 5.74) is -0.124. The molecule has 0 aliphatic carbocycles. The number of thiophene rings is 1. The maximum atomic E-state index is 12.8. The number of fused-ring (bicyclic) bond motifs is 1. The van der Waals surface area contributed by atoms with Crippen LogP contribution in [0.4, 0.5) is 34.5 Å². The monoisotopic (exact) mass is 558 g/mol. The Morgan fingerprint density at radius 1 is 1.25 bits per heavy atom. The van der Waals surface area contributed by atoms with Gasteiger partial charge in [0.15, 0.2) is 15.0 Å². The first-order chi connectivity index (χ1) is 16.9. The van der Waals surface area contributed by atoms with Crippen LogP contribution in [0.1, 0.15) is 15.3 Å². The molecule has 0 radical (unpaired) electrons. The van der Waals surface area contributed by atoms with Crippen LogP contribution in [0.3, 0.4) is 0 Å². The number of anilines is 3. The molecule has 1 aliphatic rings. The summed E-state index contributed by atoms with van der Waals surface area (Å²) in [6, 6.07) is 5.24. The minimum Gasteiger partial charge on any atom is -0.366 e. The number of carbonyl (C=O) groups is 1. The van der Waals surface area contributed by atoms with Gasteiger partial charge in [-0.2, -0.15) is 13.2 Å². The number of rotatable bonds is 6. The zero-order chi connectivity index (χ0) is 26.1. The van der Waals surface area contributed by atoms with E-state index < -0.39 is 27.6 Å². The van der Waals surface area contributed by atoms with Crippen LogP contribution in [0, 0.1) is 0 Å². The molecular formula is C21H21F3N6O3S3. The van der Waals surface area contributed by atoms with Gasteiger partial charge in [-0.1, -0.05) is 6.07 Å². The molecule has 2 amide bonds. The minimum atomic E-state index is -4.51. The van der Waals surface area contributed by atoms with Gasteiger partial charge in [-0.15, -0.1) is 22.7 Å². The first-order valence-corrected chi connectivity index (χ1v) is 14.0. The highest BCUT2D eigenvalue weighted by Gasteiger charge is 2.30. The number of amides is 2. The fourth-order valence-corrected chi connectivity index (χ4v) is 6.19. The second-order valence-electron chi connectivity index (χ2n) is 7.86. The lowest BCUT2D eigenvalue weighted by atomic mass is 10.2. The molecule has 3 N–H and O–H groups in total. The molecule has 1 aliphatic heterocycles. The summed E-state index contributed by atoms with van der Waals surface area (Å²) in [6.45, 7) is 0.894. The summed E-state index contributed by atoms with van der Waals surface area (Å²) in [4.78, 5) is 24.5. The van der Waals surface area contributed by atoms with Gasteiger partial charge in [0.25, 0.3) is 0 Å². The van der Waals surface area contributed by atoms with Crippen molar-refractivity contribution in [1.82, 2.24) is 9.88 Å². The van der Waals surface area contributed by atoms with Crippen molar-refractivity contribution < 1.29 is 26.4 Å². The zero-order valence-electron chi connectivity index (χ0n) is 19.0. The van der Waals surface area contributed by atoms with E-state index in [1.165, 1.54) is 29.7 Å². The minimum absolute atomic E-state index is 0.00741. The van der Waals surface area contributed by atoms with Crippen molar-refractivity contribution in [2.45, 2.75) is 16.8 Å². The molecular weight excluding hydrogens is 537 g/mol. The van der Waals surface area contributed by atoms with Crippen LogP contribution in [0.2, 0.25) is 0 Å². The van der Waals surface area contributed by atoms with Gasteiger partial charge >= 0.3 is 12.2 Å². The summed E-state index contributed by atoms with van der Waals surface area (Å²) in [6.07, 6.45) is -1.22. The molecule has 1 aromatic carbocycles. The Kier molecular flexibility index (Phi) is 7.24. The van der Waals surface area contributed by atoms with Crippen molar-refractivity contribution in [3.63, 3.8) is 0 Å². The Balaban J connectivity index is 1.37. The van der Waals surface area contributed by atoms with Crippen LogP contribution >= 0.6 is 22.7 Å².